The third-order valence-corrected chi connectivity index (χ3v) is 9.25. The molecule has 5 heteroatoms. The first kappa shape index (κ1) is 23.5. The summed E-state index contributed by atoms with van der Waals surface area (Å²) in [5.74, 6) is 0.501. The van der Waals surface area contributed by atoms with E-state index < -0.39 is 17.8 Å². The SMILES string of the molecule is CC1CCC2C1C(OC(=O)c1ccc3ccccc3c1)C1(C(C)C)CC(CC(=O)CO)C2(C)O1. The van der Waals surface area contributed by atoms with Crippen LogP contribution in [0.3, 0.4) is 0 Å². The Kier molecular flexibility index (Phi) is 5.84. The molecule has 182 valence electrons. The number of carbonyl (C=O) groups is 2. The van der Waals surface area contributed by atoms with Crippen LogP contribution in [-0.4, -0.2) is 40.8 Å². The zero-order valence-electron chi connectivity index (χ0n) is 20.6. The van der Waals surface area contributed by atoms with E-state index in [0.29, 0.717) is 24.3 Å². The van der Waals surface area contributed by atoms with Crippen molar-refractivity contribution in [2.75, 3.05) is 6.61 Å². The van der Waals surface area contributed by atoms with Gasteiger partial charge >= 0.3 is 5.97 Å². The first-order valence-corrected chi connectivity index (χ1v) is 12.7. The zero-order chi connectivity index (χ0) is 24.3. The number of ether oxygens (including phenoxy) is 2. The van der Waals surface area contributed by atoms with Crippen molar-refractivity contribution in [2.45, 2.75) is 70.7 Å². The van der Waals surface area contributed by atoms with Crippen LogP contribution in [0.25, 0.3) is 10.8 Å². The van der Waals surface area contributed by atoms with Gasteiger partial charge in [0.05, 0.1) is 11.2 Å². The van der Waals surface area contributed by atoms with Crippen LogP contribution in [0.15, 0.2) is 42.5 Å². The summed E-state index contributed by atoms with van der Waals surface area (Å²) in [6.45, 7) is 8.24. The Bertz CT molecular complexity index is 1110. The minimum absolute atomic E-state index is 0.0109. The number of hydrogen-bond donors (Lipinski definition) is 1. The maximum Gasteiger partial charge on any atom is 0.338 e. The molecule has 7 unspecified atom stereocenters. The lowest BCUT2D eigenvalue weighted by molar-refractivity contribution is -0.254. The molecule has 0 amide bonds. The number of ketones is 1. The van der Waals surface area contributed by atoms with Crippen molar-refractivity contribution in [3.8, 4) is 0 Å². The van der Waals surface area contributed by atoms with Crippen LogP contribution < -0.4 is 0 Å². The maximum absolute atomic E-state index is 13.5. The van der Waals surface area contributed by atoms with E-state index in [2.05, 4.69) is 27.7 Å². The van der Waals surface area contributed by atoms with Crippen LogP contribution in [0.1, 0.15) is 63.7 Å². The average molecular weight is 465 g/mol. The van der Waals surface area contributed by atoms with Crippen LogP contribution in [0, 0.1) is 29.6 Å². The summed E-state index contributed by atoms with van der Waals surface area (Å²) >= 11 is 0. The van der Waals surface area contributed by atoms with Gasteiger partial charge in [-0.1, -0.05) is 51.1 Å². The summed E-state index contributed by atoms with van der Waals surface area (Å²) in [5, 5.41) is 11.5. The van der Waals surface area contributed by atoms with Crippen molar-refractivity contribution in [1.82, 2.24) is 0 Å². The summed E-state index contributed by atoms with van der Waals surface area (Å²) in [6.07, 6.45) is 2.68. The highest BCUT2D eigenvalue weighted by Gasteiger charge is 2.70. The fourth-order valence-electron chi connectivity index (χ4n) is 7.38. The van der Waals surface area contributed by atoms with Gasteiger partial charge in [-0.05, 0) is 72.8 Å². The molecule has 2 aromatic rings. The lowest BCUT2D eigenvalue weighted by atomic mass is 9.69. The van der Waals surface area contributed by atoms with Crippen molar-refractivity contribution < 1.29 is 24.2 Å². The second kappa shape index (κ2) is 8.46. The molecule has 1 N–H and O–H groups in total. The summed E-state index contributed by atoms with van der Waals surface area (Å²) in [7, 11) is 0. The Balaban J connectivity index is 1.52. The zero-order valence-corrected chi connectivity index (χ0v) is 20.6. The number of carbonyl (C=O) groups excluding carboxylic acids is 2. The molecule has 0 spiro atoms. The number of hydrogen-bond acceptors (Lipinski definition) is 5. The number of aliphatic hydroxyl groups excluding tert-OH is 1. The standard InChI is InChI=1S/C29H36O5/c1-17(2)29-15-22(14-23(31)16-30)28(4,34-29)24-12-9-18(3)25(24)26(29)33-27(32)21-11-10-19-7-5-6-8-20(19)13-21/h5-8,10-11,13,17-18,22,24-26,30H,9,12,14-16H2,1-4H3. The summed E-state index contributed by atoms with van der Waals surface area (Å²) in [4.78, 5) is 25.8. The Morgan fingerprint density at radius 1 is 1.15 bits per heavy atom. The van der Waals surface area contributed by atoms with Crippen LogP contribution in [0.5, 0.6) is 0 Å². The highest BCUT2D eigenvalue weighted by atomic mass is 16.6. The quantitative estimate of drug-likeness (QED) is 0.596. The van der Waals surface area contributed by atoms with Crippen LogP contribution in [0.4, 0.5) is 0 Å². The largest absolute Gasteiger partial charge is 0.455 e. The maximum atomic E-state index is 13.5. The topological polar surface area (TPSA) is 72.8 Å². The molecular weight excluding hydrogens is 428 g/mol. The fourth-order valence-corrected chi connectivity index (χ4v) is 7.38. The van der Waals surface area contributed by atoms with E-state index in [0.717, 1.165) is 23.6 Å². The highest BCUT2D eigenvalue weighted by molar-refractivity contribution is 5.95. The number of Topliss-reactive ketones (excluding diaryl/α,β-unsaturated/α-hetero) is 1. The number of aliphatic hydroxyl groups is 1. The predicted octanol–water partition coefficient (Wildman–Crippen LogP) is 5.18. The van der Waals surface area contributed by atoms with Gasteiger partial charge in [0.25, 0.3) is 0 Å². The smallest absolute Gasteiger partial charge is 0.338 e. The van der Waals surface area contributed by atoms with E-state index in [4.69, 9.17) is 9.47 Å². The van der Waals surface area contributed by atoms with E-state index in [9.17, 15) is 14.7 Å². The lowest BCUT2D eigenvalue weighted by Gasteiger charge is -2.53. The van der Waals surface area contributed by atoms with Gasteiger partial charge in [0, 0.05) is 12.3 Å². The molecule has 34 heavy (non-hydrogen) atoms. The molecule has 2 aromatic carbocycles. The van der Waals surface area contributed by atoms with Gasteiger partial charge < -0.3 is 14.6 Å². The molecule has 0 aromatic heterocycles. The summed E-state index contributed by atoms with van der Waals surface area (Å²) < 4.78 is 13.4. The second-order valence-electron chi connectivity index (χ2n) is 11.3. The summed E-state index contributed by atoms with van der Waals surface area (Å²) in [5.41, 5.74) is -0.532. The Labute approximate surface area is 201 Å². The average Bonchev–Trinajstić information content (AvgIpc) is 3.34. The van der Waals surface area contributed by atoms with Crippen LogP contribution in [0.2, 0.25) is 0 Å². The van der Waals surface area contributed by atoms with Gasteiger partial charge in [-0.3, -0.25) is 4.79 Å². The predicted molar refractivity (Wildman–Crippen MR) is 130 cm³/mol. The van der Waals surface area contributed by atoms with Gasteiger partial charge in [0.1, 0.15) is 18.3 Å². The molecular formula is C29H36O5. The normalized spacial score (nSPS) is 36.6. The molecule has 3 aliphatic rings. The summed E-state index contributed by atoms with van der Waals surface area (Å²) in [6, 6.07) is 13.7. The first-order chi connectivity index (χ1) is 16.2. The molecule has 5 nitrogen and oxygen atoms in total. The first-order valence-electron chi connectivity index (χ1n) is 12.7. The molecule has 1 aliphatic carbocycles. The molecule has 1 saturated carbocycles. The Hall–Kier alpha value is -2.24. The number of fused-ring (bicyclic) bond motifs is 5. The van der Waals surface area contributed by atoms with Crippen LogP contribution >= 0.6 is 0 Å². The molecule has 2 bridgehead atoms. The third kappa shape index (κ3) is 3.51. The van der Waals surface area contributed by atoms with Crippen molar-refractivity contribution in [2.24, 2.45) is 29.6 Å². The molecule has 2 heterocycles. The van der Waals surface area contributed by atoms with E-state index >= 15 is 0 Å². The van der Waals surface area contributed by atoms with E-state index in [1.165, 1.54) is 0 Å². The minimum atomic E-state index is -0.637. The van der Waals surface area contributed by atoms with Crippen molar-refractivity contribution in [3.05, 3.63) is 48.0 Å². The number of benzene rings is 2. The van der Waals surface area contributed by atoms with Gasteiger partial charge in [0.2, 0.25) is 0 Å². The Morgan fingerprint density at radius 2 is 1.88 bits per heavy atom. The van der Waals surface area contributed by atoms with Crippen LogP contribution in [-0.2, 0) is 14.3 Å². The Morgan fingerprint density at radius 3 is 2.59 bits per heavy atom. The second-order valence-corrected chi connectivity index (χ2v) is 11.3. The molecule has 7 atom stereocenters. The van der Waals surface area contributed by atoms with Crippen molar-refractivity contribution in [1.29, 1.82) is 0 Å². The van der Waals surface area contributed by atoms with E-state index in [1.54, 1.807) is 0 Å². The van der Waals surface area contributed by atoms with Gasteiger partial charge in [-0.15, -0.1) is 0 Å². The molecule has 2 saturated heterocycles. The van der Waals surface area contributed by atoms with E-state index in [-0.39, 0.29) is 41.5 Å². The van der Waals surface area contributed by atoms with Crippen molar-refractivity contribution in [3.63, 3.8) is 0 Å². The lowest BCUT2D eigenvalue weighted by Crippen LogP contribution is -2.62. The highest BCUT2D eigenvalue weighted by Crippen LogP contribution is 2.65. The monoisotopic (exact) mass is 464 g/mol. The molecule has 5 rings (SSSR count). The minimum Gasteiger partial charge on any atom is -0.455 e. The third-order valence-electron chi connectivity index (χ3n) is 9.25. The van der Waals surface area contributed by atoms with E-state index in [1.807, 2.05) is 42.5 Å². The molecule has 0 radical (unpaired) electrons. The number of esters is 1. The number of rotatable bonds is 6. The van der Waals surface area contributed by atoms with Gasteiger partial charge in [0.15, 0.2) is 5.78 Å². The molecule has 3 fully saturated rings. The molecule has 2 aliphatic heterocycles. The van der Waals surface area contributed by atoms with Crippen molar-refractivity contribution >= 4 is 22.5 Å². The fraction of sp³-hybridized carbons (Fsp3) is 0.586. The van der Waals surface area contributed by atoms with Gasteiger partial charge in [-0.2, -0.15) is 0 Å². The van der Waals surface area contributed by atoms with Gasteiger partial charge in [-0.25, -0.2) is 4.79 Å².